The molecule has 1 aromatic carbocycles. The van der Waals surface area contributed by atoms with Crippen molar-refractivity contribution in [1.29, 1.82) is 0 Å². The largest absolute Gasteiger partial charge is 0.506 e. The lowest BCUT2D eigenvalue weighted by molar-refractivity contribution is 0.259. The summed E-state index contributed by atoms with van der Waals surface area (Å²) in [5, 5.41) is 10.9. The van der Waals surface area contributed by atoms with Gasteiger partial charge in [-0.1, -0.05) is 19.1 Å². The van der Waals surface area contributed by atoms with Gasteiger partial charge < -0.3 is 14.9 Å². The maximum absolute atomic E-state index is 9.86. The number of phenols is 1. The van der Waals surface area contributed by atoms with Gasteiger partial charge in [-0.25, -0.2) is 0 Å². The Kier molecular flexibility index (Phi) is 4.93. The predicted octanol–water partition coefficient (Wildman–Crippen LogP) is 2.32. The van der Waals surface area contributed by atoms with Crippen LogP contribution in [0, 0.1) is 0 Å². The first-order valence-electron chi connectivity index (χ1n) is 7.04. The number of aromatic hydroxyl groups is 1. The van der Waals surface area contributed by atoms with Gasteiger partial charge in [-0.05, 0) is 38.3 Å². The Bertz CT molecular complexity index is 571. The fourth-order valence-electron chi connectivity index (χ4n) is 2.22. The topological polar surface area (TPSA) is 39.6 Å². The van der Waals surface area contributed by atoms with Crippen LogP contribution < -0.4 is 0 Å². The highest BCUT2D eigenvalue weighted by Gasteiger charge is 2.08. The van der Waals surface area contributed by atoms with Crippen molar-refractivity contribution >= 4 is 10.9 Å². The first kappa shape index (κ1) is 14.8. The highest BCUT2D eigenvalue weighted by Crippen LogP contribution is 2.25. The molecule has 0 bridgehead atoms. The summed E-state index contributed by atoms with van der Waals surface area (Å²) in [5.74, 6) is 0.248. The van der Waals surface area contributed by atoms with Crippen LogP contribution in [0.1, 0.15) is 12.5 Å². The van der Waals surface area contributed by atoms with Crippen molar-refractivity contribution in [2.24, 2.45) is 0 Å². The molecule has 4 heteroatoms. The molecule has 2 aromatic rings. The van der Waals surface area contributed by atoms with Gasteiger partial charge >= 0.3 is 0 Å². The van der Waals surface area contributed by atoms with E-state index >= 15 is 0 Å². The zero-order valence-corrected chi connectivity index (χ0v) is 12.5. The van der Waals surface area contributed by atoms with E-state index in [0.717, 1.165) is 31.6 Å². The Hall–Kier alpha value is -1.65. The molecule has 0 aliphatic heterocycles. The molecule has 1 heterocycles. The van der Waals surface area contributed by atoms with Crippen LogP contribution in [-0.4, -0.2) is 53.6 Å². The molecule has 0 saturated carbocycles. The second-order valence-corrected chi connectivity index (χ2v) is 5.28. The van der Waals surface area contributed by atoms with E-state index in [2.05, 4.69) is 35.8 Å². The zero-order valence-electron chi connectivity index (χ0n) is 12.5. The van der Waals surface area contributed by atoms with Crippen molar-refractivity contribution in [2.75, 3.05) is 33.7 Å². The van der Waals surface area contributed by atoms with Crippen LogP contribution in [0.4, 0.5) is 0 Å². The van der Waals surface area contributed by atoms with Crippen molar-refractivity contribution in [3.63, 3.8) is 0 Å². The fraction of sp³-hybridized carbons (Fsp3) is 0.438. The van der Waals surface area contributed by atoms with Crippen molar-refractivity contribution in [3.05, 3.63) is 36.0 Å². The average molecular weight is 273 g/mol. The molecule has 0 aliphatic rings. The van der Waals surface area contributed by atoms with E-state index in [1.165, 1.54) is 5.56 Å². The number of nitrogens with zero attached hydrogens (tertiary/aromatic N) is 3. The minimum absolute atomic E-state index is 0.248. The van der Waals surface area contributed by atoms with Gasteiger partial charge in [-0.15, -0.1) is 0 Å². The first-order chi connectivity index (χ1) is 9.61. The van der Waals surface area contributed by atoms with E-state index < -0.39 is 0 Å². The molecule has 0 atom stereocenters. The number of rotatable bonds is 6. The van der Waals surface area contributed by atoms with Crippen molar-refractivity contribution < 1.29 is 5.11 Å². The summed E-state index contributed by atoms with van der Waals surface area (Å²) in [7, 11) is 4.26. The molecule has 108 valence electrons. The van der Waals surface area contributed by atoms with E-state index in [-0.39, 0.29) is 5.75 Å². The smallest absolute Gasteiger partial charge is 0.141 e. The fourth-order valence-corrected chi connectivity index (χ4v) is 2.22. The van der Waals surface area contributed by atoms with Crippen molar-refractivity contribution in [1.82, 2.24) is 14.8 Å². The van der Waals surface area contributed by atoms with Gasteiger partial charge in [-0.3, -0.25) is 4.98 Å². The second kappa shape index (κ2) is 6.68. The maximum atomic E-state index is 9.86. The number of fused-ring (bicyclic) bond motifs is 1. The molecule has 2 rings (SSSR count). The molecule has 0 aliphatic carbocycles. The molecule has 1 aromatic heterocycles. The van der Waals surface area contributed by atoms with Crippen molar-refractivity contribution in [3.8, 4) is 5.75 Å². The van der Waals surface area contributed by atoms with Crippen LogP contribution in [0.15, 0.2) is 30.5 Å². The predicted molar refractivity (Wildman–Crippen MR) is 82.9 cm³/mol. The van der Waals surface area contributed by atoms with Crippen LogP contribution in [0.3, 0.4) is 0 Å². The molecule has 0 spiro atoms. The SMILES string of the molecule is CCN(C)CCN(C)Cc1ccc(O)c2ncccc12. The Morgan fingerprint density at radius 3 is 2.60 bits per heavy atom. The minimum Gasteiger partial charge on any atom is -0.506 e. The van der Waals surface area contributed by atoms with E-state index in [4.69, 9.17) is 0 Å². The number of phenolic OH excluding ortho intramolecular Hbond substituents is 1. The van der Waals surface area contributed by atoms with E-state index in [1.807, 2.05) is 18.2 Å². The Balaban J connectivity index is 2.12. The molecule has 0 amide bonds. The Morgan fingerprint density at radius 1 is 1.10 bits per heavy atom. The zero-order chi connectivity index (χ0) is 14.5. The van der Waals surface area contributed by atoms with E-state index in [0.29, 0.717) is 5.52 Å². The van der Waals surface area contributed by atoms with Crippen molar-refractivity contribution in [2.45, 2.75) is 13.5 Å². The lowest BCUT2D eigenvalue weighted by atomic mass is 10.1. The van der Waals surface area contributed by atoms with Gasteiger partial charge in [0.2, 0.25) is 0 Å². The number of hydrogen-bond donors (Lipinski definition) is 1. The van der Waals surface area contributed by atoms with Gasteiger partial charge in [0.15, 0.2) is 0 Å². The normalized spacial score (nSPS) is 11.7. The third-order valence-electron chi connectivity index (χ3n) is 3.68. The van der Waals surface area contributed by atoms with Gasteiger partial charge in [0.25, 0.3) is 0 Å². The summed E-state index contributed by atoms with van der Waals surface area (Å²) in [5.41, 5.74) is 1.89. The molecule has 0 fully saturated rings. The standard InChI is InChI=1S/C16H23N3O/c1-4-18(2)10-11-19(3)12-13-7-8-15(20)16-14(13)6-5-9-17-16/h5-9,20H,4,10-12H2,1-3H3. The van der Waals surface area contributed by atoms with Gasteiger partial charge in [0.05, 0.1) is 0 Å². The van der Waals surface area contributed by atoms with Crippen LogP contribution in [-0.2, 0) is 6.54 Å². The molecule has 0 radical (unpaired) electrons. The lowest BCUT2D eigenvalue weighted by Gasteiger charge is -2.21. The molecule has 20 heavy (non-hydrogen) atoms. The van der Waals surface area contributed by atoms with Crippen LogP contribution >= 0.6 is 0 Å². The highest BCUT2D eigenvalue weighted by molar-refractivity contribution is 5.87. The number of likely N-dealkylation sites (N-methyl/N-ethyl adjacent to an activating group) is 2. The monoisotopic (exact) mass is 273 g/mol. The molecular formula is C16H23N3O. The minimum atomic E-state index is 0.248. The number of benzene rings is 1. The molecule has 0 unspecified atom stereocenters. The third-order valence-corrected chi connectivity index (χ3v) is 3.68. The summed E-state index contributed by atoms with van der Waals surface area (Å²) < 4.78 is 0. The summed E-state index contributed by atoms with van der Waals surface area (Å²) >= 11 is 0. The van der Waals surface area contributed by atoms with Gasteiger partial charge in [0, 0.05) is 31.2 Å². The van der Waals surface area contributed by atoms with E-state index in [1.54, 1.807) is 12.3 Å². The van der Waals surface area contributed by atoms with E-state index in [9.17, 15) is 5.11 Å². The number of pyridine rings is 1. The molecule has 1 N–H and O–H groups in total. The molecule has 4 nitrogen and oxygen atoms in total. The highest BCUT2D eigenvalue weighted by atomic mass is 16.3. The first-order valence-corrected chi connectivity index (χ1v) is 7.04. The summed E-state index contributed by atoms with van der Waals surface area (Å²) in [4.78, 5) is 8.85. The average Bonchev–Trinajstić information content (AvgIpc) is 2.48. The molecule has 0 saturated heterocycles. The Labute approximate surface area is 120 Å². The van der Waals surface area contributed by atoms with Crippen LogP contribution in [0.5, 0.6) is 5.75 Å². The van der Waals surface area contributed by atoms with Gasteiger partial charge in [-0.2, -0.15) is 0 Å². The number of hydrogen-bond acceptors (Lipinski definition) is 4. The maximum Gasteiger partial charge on any atom is 0.141 e. The summed E-state index contributed by atoms with van der Waals surface area (Å²) in [6.07, 6.45) is 1.71. The third kappa shape index (κ3) is 3.46. The summed E-state index contributed by atoms with van der Waals surface area (Å²) in [6, 6.07) is 7.65. The second-order valence-electron chi connectivity index (χ2n) is 5.28. The van der Waals surface area contributed by atoms with Crippen LogP contribution in [0.25, 0.3) is 10.9 Å². The number of aromatic nitrogens is 1. The van der Waals surface area contributed by atoms with Gasteiger partial charge in [0.1, 0.15) is 11.3 Å². The van der Waals surface area contributed by atoms with Crippen LogP contribution in [0.2, 0.25) is 0 Å². The Morgan fingerprint density at radius 2 is 1.85 bits per heavy atom. The summed E-state index contributed by atoms with van der Waals surface area (Å²) in [6.45, 7) is 6.17. The quantitative estimate of drug-likeness (QED) is 0.877. The molecular weight excluding hydrogens is 250 g/mol. The lowest BCUT2D eigenvalue weighted by Crippen LogP contribution is -2.30.